The zero-order valence-corrected chi connectivity index (χ0v) is 18.9. The molecule has 32 heavy (non-hydrogen) atoms. The van der Waals surface area contributed by atoms with Crippen LogP contribution >= 0.6 is 0 Å². The van der Waals surface area contributed by atoms with Crippen LogP contribution in [-0.4, -0.2) is 63.8 Å². The zero-order chi connectivity index (χ0) is 21.8. The molecule has 2 aliphatic rings. The molecule has 5 rings (SSSR count). The molecule has 0 spiro atoms. The first-order valence-electron chi connectivity index (χ1n) is 11.7. The van der Waals surface area contributed by atoms with Gasteiger partial charge >= 0.3 is 0 Å². The molecule has 0 radical (unpaired) electrons. The van der Waals surface area contributed by atoms with Crippen molar-refractivity contribution in [3.05, 3.63) is 60.0 Å². The van der Waals surface area contributed by atoms with E-state index in [1.165, 1.54) is 29.7 Å². The first kappa shape index (κ1) is 21.1. The molecule has 0 saturated carbocycles. The SMILES string of the molecule is Cc1cc(N2CCN(Cc3ccncc3)CC2)ccc1-c1cn(CC2CCCCO2)nn1. The second kappa shape index (κ2) is 9.79. The molecule has 168 valence electrons. The number of hydrogen-bond donors (Lipinski definition) is 0. The number of piperazine rings is 1. The van der Waals surface area contributed by atoms with Crippen LogP contribution in [0.3, 0.4) is 0 Å². The minimum Gasteiger partial charge on any atom is -0.376 e. The van der Waals surface area contributed by atoms with Crippen molar-refractivity contribution in [3.63, 3.8) is 0 Å². The van der Waals surface area contributed by atoms with Crippen molar-refractivity contribution in [2.24, 2.45) is 0 Å². The predicted molar refractivity (Wildman–Crippen MR) is 126 cm³/mol. The maximum absolute atomic E-state index is 5.84. The Morgan fingerprint density at radius 3 is 2.62 bits per heavy atom. The van der Waals surface area contributed by atoms with Crippen LogP contribution in [0, 0.1) is 6.92 Å². The van der Waals surface area contributed by atoms with Crippen molar-refractivity contribution in [2.75, 3.05) is 37.7 Å². The molecule has 4 heterocycles. The fraction of sp³-hybridized carbons (Fsp3) is 0.480. The molecule has 0 N–H and O–H groups in total. The molecule has 3 aromatic rings. The normalized spacial score (nSPS) is 19.9. The molecular formula is C25H32N6O. The van der Waals surface area contributed by atoms with Crippen LogP contribution in [0.1, 0.15) is 30.4 Å². The van der Waals surface area contributed by atoms with E-state index in [2.05, 4.69) is 68.5 Å². The van der Waals surface area contributed by atoms with E-state index in [4.69, 9.17) is 4.74 Å². The third-order valence-corrected chi connectivity index (χ3v) is 6.58. The van der Waals surface area contributed by atoms with Gasteiger partial charge in [0.15, 0.2) is 0 Å². The maximum Gasteiger partial charge on any atom is 0.113 e. The molecule has 7 heteroatoms. The highest BCUT2D eigenvalue weighted by Crippen LogP contribution is 2.27. The van der Waals surface area contributed by atoms with Crippen molar-refractivity contribution in [3.8, 4) is 11.3 Å². The standard InChI is InChI=1S/C25H32N6O/c1-20-16-22(30-13-11-29(12-14-30)17-21-7-9-26-10-8-21)5-6-24(20)25-19-31(28-27-25)18-23-4-2-3-15-32-23/h5-10,16,19,23H,2-4,11-15,17-18H2,1H3. The van der Waals surface area contributed by atoms with Crippen LogP contribution < -0.4 is 4.90 Å². The zero-order valence-electron chi connectivity index (χ0n) is 18.9. The third kappa shape index (κ3) is 5.00. The van der Waals surface area contributed by atoms with E-state index < -0.39 is 0 Å². The van der Waals surface area contributed by atoms with E-state index in [1.54, 1.807) is 0 Å². The van der Waals surface area contributed by atoms with Crippen molar-refractivity contribution in [2.45, 2.75) is 45.4 Å². The highest BCUT2D eigenvalue weighted by atomic mass is 16.5. The lowest BCUT2D eigenvalue weighted by atomic mass is 10.0. The van der Waals surface area contributed by atoms with Gasteiger partial charge in [-0.25, -0.2) is 4.68 Å². The van der Waals surface area contributed by atoms with Crippen molar-refractivity contribution in [1.29, 1.82) is 0 Å². The van der Waals surface area contributed by atoms with Crippen molar-refractivity contribution in [1.82, 2.24) is 24.9 Å². The van der Waals surface area contributed by atoms with Crippen LogP contribution in [0.2, 0.25) is 0 Å². The number of aromatic nitrogens is 4. The Kier molecular flexibility index (Phi) is 6.46. The maximum atomic E-state index is 5.84. The summed E-state index contributed by atoms with van der Waals surface area (Å²) in [5, 5.41) is 8.79. The Morgan fingerprint density at radius 2 is 1.88 bits per heavy atom. The van der Waals surface area contributed by atoms with E-state index in [-0.39, 0.29) is 6.10 Å². The van der Waals surface area contributed by atoms with Gasteiger partial charge in [0.2, 0.25) is 0 Å². The number of benzene rings is 1. The molecule has 0 aliphatic carbocycles. The Bertz CT molecular complexity index is 1010. The second-order valence-electron chi connectivity index (χ2n) is 8.93. The molecule has 1 aromatic carbocycles. The molecule has 0 bridgehead atoms. The van der Waals surface area contributed by atoms with Crippen LogP contribution in [0.25, 0.3) is 11.3 Å². The van der Waals surface area contributed by atoms with Gasteiger partial charge in [0.1, 0.15) is 5.69 Å². The van der Waals surface area contributed by atoms with Crippen molar-refractivity contribution < 1.29 is 4.74 Å². The quantitative estimate of drug-likeness (QED) is 0.594. The first-order chi connectivity index (χ1) is 15.7. The van der Waals surface area contributed by atoms with Crippen LogP contribution in [0.5, 0.6) is 0 Å². The van der Waals surface area contributed by atoms with Gasteiger partial charge in [-0.1, -0.05) is 11.3 Å². The van der Waals surface area contributed by atoms with Gasteiger partial charge in [-0.05, 0) is 61.6 Å². The minimum absolute atomic E-state index is 0.263. The number of hydrogen-bond acceptors (Lipinski definition) is 6. The van der Waals surface area contributed by atoms with Gasteiger partial charge in [0.25, 0.3) is 0 Å². The summed E-state index contributed by atoms with van der Waals surface area (Å²) in [6, 6.07) is 10.9. The van der Waals surface area contributed by atoms with Gasteiger partial charge in [-0.15, -0.1) is 5.10 Å². The fourth-order valence-electron chi connectivity index (χ4n) is 4.71. The number of pyridine rings is 1. The monoisotopic (exact) mass is 432 g/mol. The largest absolute Gasteiger partial charge is 0.376 e. The van der Waals surface area contributed by atoms with Gasteiger partial charge in [-0.3, -0.25) is 9.88 Å². The van der Waals surface area contributed by atoms with Gasteiger partial charge < -0.3 is 9.64 Å². The highest BCUT2D eigenvalue weighted by molar-refractivity contribution is 5.67. The number of rotatable bonds is 6. The van der Waals surface area contributed by atoms with E-state index in [1.807, 2.05) is 17.1 Å². The van der Waals surface area contributed by atoms with E-state index in [0.717, 1.165) is 63.6 Å². The van der Waals surface area contributed by atoms with Gasteiger partial charge in [-0.2, -0.15) is 0 Å². The molecule has 2 aliphatic heterocycles. The van der Waals surface area contributed by atoms with Crippen LogP contribution in [0.15, 0.2) is 48.9 Å². The second-order valence-corrected chi connectivity index (χ2v) is 8.93. The average Bonchev–Trinajstić information content (AvgIpc) is 3.29. The van der Waals surface area contributed by atoms with Crippen molar-refractivity contribution >= 4 is 5.69 Å². The first-order valence-corrected chi connectivity index (χ1v) is 11.7. The third-order valence-electron chi connectivity index (χ3n) is 6.58. The van der Waals surface area contributed by atoms with E-state index in [0.29, 0.717) is 0 Å². The molecule has 1 unspecified atom stereocenters. The molecule has 7 nitrogen and oxygen atoms in total. The number of aryl methyl sites for hydroxylation is 1. The van der Waals surface area contributed by atoms with Gasteiger partial charge in [0, 0.05) is 63.0 Å². The molecule has 1 atom stereocenters. The highest BCUT2D eigenvalue weighted by Gasteiger charge is 2.19. The van der Waals surface area contributed by atoms with Gasteiger partial charge in [0.05, 0.1) is 18.8 Å². The Balaban J connectivity index is 1.19. The predicted octanol–water partition coefficient (Wildman–Crippen LogP) is 3.54. The lowest BCUT2D eigenvalue weighted by molar-refractivity contribution is 0.00370. The minimum atomic E-state index is 0.263. The fourth-order valence-corrected chi connectivity index (χ4v) is 4.71. The summed E-state index contributed by atoms with van der Waals surface area (Å²) < 4.78 is 7.78. The number of nitrogens with zero attached hydrogens (tertiary/aromatic N) is 6. The lowest BCUT2D eigenvalue weighted by Crippen LogP contribution is -2.46. The summed E-state index contributed by atoms with van der Waals surface area (Å²) >= 11 is 0. The number of anilines is 1. The smallest absolute Gasteiger partial charge is 0.113 e. The Labute approximate surface area is 190 Å². The van der Waals surface area contributed by atoms with Crippen LogP contribution in [0.4, 0.5) is 5.69 Å². The molecule has 2 aromatic heterocycles. The number of ether oxygens (including phenoxy) is 1. The summed E-state index contributed by atoms with van der Waals surface area (Å²) in [6.07, 6.45) is 9.58. The van der Waals surface area contributed by atoms with E-state index >= 15 is 0 Å². The molecule has 2 fully saturated rings. The average molecular weight is 433 g/mol. The summed E-state index contributed by atoms with van der Waals surface area (Å²) in [5.74, 6) is 0. The van der Waals surface area contributed by atoms with E-state index in [9.17, 15) is 0 Å². The summed E-state index contributed by atoms with van der Waals surface area (Å²) in [5.41, 5.74) is 5.95. The Morgan fingerprint density at radius 1 is 1.03 bits per heavy atom. The Hall–Kier alpha value is -2.77. The summed E-state index contributed by atoms with van der Waals surface area (Å²) in [6.45, 7) is 9.04. The topological polar surface area (TPSA) is 59.3 Å². The lowest BCUT2D eigenvalue weighted by Gasteiger charge is -2.36. The molecule has 0 amide bonds. The van der Waals surface area contributed by atoms with Crippen LogP contribution in [-0.2, 0) is 17.8 Å². The summed E-state index contributed by atoms with van der Waals surface area (Å²) in [7, 11) is 0. The molecular weight excluding hydrogens is 400 g/mol. The molecule has 2 saturated heterocycles. The summed E-state index contributed by atoms with van der Waals surface area (Å²) in [4.78, 5) is 9.11.